The molecule has 2 amide bonds. The largest absolute Gasteiger partial charge is 0.467 e. The molecular weight excluding hydrogens is 388 g/mol. The van der Waals surface area contributed by atoms with Crippen LogP contribution in [0.2, 0.25) is 0 Å². The van der Waals surface area contributed by atoms with Gasteiger partial charge in [-0.25, -0.2) is 0 Å². The van der Waals surface area contributed by atoms with Crippen LogP contribution < -0.4 is 0 Å². The van der Waals surface area contributed by atoms with E-state index in [-0.39, 0.29) is 18.4 Å². The summed E-state index contributed by atoms with van der Waals surface area (Å²) < 4.78 is 5.45. The average molecular weight is 425 g/mol. The van der Waals surface area contributed by atoms with E-state index >= 15 is 0 Å². The summed E-state index contributed by atoms with van der Waals surface area (Å²) >= 11 is 0. The number of carbonyl (C=O) groups excluding carboxylic acids is 2. The normalized spacial score (nSPS) is 10.6. The van der Waals surface area contributed by atoms with Gasteiger partial charge < -0.3 is 14.2 Å². The average Bonchev–Trinajstić information content (AvgIpc) is 3.29. The van der Waals surface area contributed by atoms with Gasteiger partial charge in [0.15, 0.2) is 0 Å². The van der Waals surface area contributed by atoms with Gasteiger partial charge in [-0.15, -0.1) is 6.58 Å². The Kier molecular flexibility index (Phi) is 11.2. The Morgan fingerprint density at radius 2 is 1.65 bits per heavy atom. The summed E-state index contributed by atoms with van der Waals surface area (Å²) in [7, 11) is 0. The SMILES string of the molecule is C=CCN(CC(=O)N(Cc1ccccc1)Cc1ccco1)C(=O)CCCCCCCC. The molecule has 0 atom stereocenters. The van der Waals surface area contributed by atoms with Gasteiger partial charge in [-0.1, -0.05) is 75.4 Å². The van der Waals surface area contributed by atoms with E-state index in [1.54, 1.807) is 22.1 Å². The van der Waals surface area contributed by atoms with Crippen LogP contribution in [-0.2, 0) is 22.7 Å². The van der Waals surface area contributed by atoms with Crippen molar-refractivity contribution in [2.45, 2.75) is 65.0 Å². The molecule has 5 heteroatoms. The van der Waals surface area contributed by atoms with E-state index in [4.69, 9.17) is 4.42 Å². The number of hydrogen-bond acceptors (Lipinski definition) is 3. The topological polar surface area (TPSA) is 53.8 Å². The molecule has 1 aromatic heterocycles. The molecule has 0 radical (unpaired) electrons. The van der Waals surface area contributed by atoms with Gasteiger partial charge in [-0.2, -0.15) is 0 Å². The lowest BCUT2D eigenvalue weighted by molar-refractivity contribution is -0.141. The number of furan rings is 1. The Morgan fingerprint density at radius 3 is 2.32 bits per heavy atom. The van der Waals surface area contributed by atoms with Crippen LogP contribution in [0, 0.1) is 0 Å². The molecule has 0 aliphatic heterocycles. The van der Waals surface area contributed by atoms with Crippen LogP contribution in [0.15, 0.2) is 65.8 Å². The number of benzene rings is 1. The number of unbranched alkanes of at least 4 members (excludes halogenated alkanes) is 5. The van der Waals surface area contributed by atoms with Gasteiger partial charge in [-0.3, -0.25) is 9.59 Å². The highest BCUT2D eigenvalue weighted by Crippen LogP contribution is 2.13. The molecule has 0 N–H and O–H groups in total. The van der Waals surface area contributed by atoms with Gasteiger partial charge >= 0.3 is 0 Å². The van der Waals surface area contributed by atoms with E-state index in [0.29, 0.717) is 26.1 Å². The van der Waals surface area contributed by atoms with E-state index in [1.807, 2.05) is 42.5 Å². The number of carbonyl (C=O) groups is 2. The molecule has 0 spiro atoms. The lowest BCUT2D eigenvalue weighted by atomic mass is 10.1. The van der Waals surface area contributed by atoms with Crippen LogP contribution >= 0.6 is 0 Å². The van der Waals surface area contributed by atoms with Crippen molar-refractivity contribution in [3.05, 3.63) is 72.7 Å². The predicted octanol–water partition coefficient (Wildman–Crippen LogP) is 5.57. The summed E-state index contributed by atoms with van der Waals surface area (Å²) in [6.07, 6.45) is 10.5. The highest BCUT2D eigenvalue weighted by Gasteiger charge is 2.21. The molecule has 2 aromatic rings. The third-order valence-electron chi connectivity index (χ3n) is 5.27. The standard InChI is InChI=1S/C26H36N2O3/c1-3-5-6-7-8-12-17-25(29)27(18-4-2)22-26(30)28(21-24-16-13-19-31-24)20-23-14-10-9-11-15-23/h4,9-11,13-16,19H,2-3,5-8,12,17-18,20-22H2,1H3. The molecule has 2 rings (SSSR count). The second-order valence-electron chi connectivity index (χ2n) is 7.90. The minimum absolute atomic E-state index is 0.0152. The summed E-state index contributed by atoms with van der Waals surface area (Å²) in [5.41, 5.74) is 1.04. The van der Waals surface area contributed by atoms with Crippen molar-refractivity contribution in [3.63, 3.8) is 0 Å². The van der Waals surface area contributed by atoms with Crippen LogP contribution in [-0.4, -0.2) is 34.7 Å². The number of hydrogen-bond donors (Lipinski definition) is 0. The highest BCUT2D eigenvalue weighted by atomic mass is 16.3. The molecule has 0 bridgehead atoms. The van der Waals surface area contributed by atoms with Crippen molar-refractivity contribution in [1.29, 1.82) is 0 Å². The number of rotatable bonds is 15. The first-order chi connectivity index (χ1) is 15.1. The minimum atomic E-state index is -0.0987. The van der Waals surface area contributed by atoms with E-state index in [0.717, 1.165) is 30.6 Å². The Morgan fingerprint density at radius 1 is 0.903 bits per heavy atom. The number of amides is 2. The monoisotopic (exact) mass is 424 g/mol. The van der Waals surface area contributed by atoms with Crippen molar-refractivity contribution in [3.8, 4) is 0 Å². The van der Waals surface area contributed by atoms with Crippen molar-refractivity contribution in [1.82, 2.24) is 9.80 Å². The van der Waals surface area contributed by atoms with Crippen LogP contribution in [0.5, 0.6) is 0 Å². The zero-order chi connectivity index (χ0) is 22.3. The van der Waals surface area contributed by atoms with Crippen LogP contribution in [0.1, 0.15) is 63.2 Å². The summed E-state index contributed by atoms with van der Waals surface area (Å²) in [4.78, 5) is 29.3. The molecule has 0 aliphatic carbocycles. The van der Waals surface area contributed by atoms with E-state index in [9.17, 15) is 9.59 Å². The second-order valence-corrected chi connectivity index (χ2v) is 7.90. The summed E-state index contributed by atoms with van der Waals surface area (Å²) in [6.45, 7) is 7.22. The van der Waals surface area contributed by atoms with Gasteiger partial charge in [0.1, 0.15) is 12.3 Å². The zero-order valence-corrected chi connectivity index (χ0v) is 18.8. The van der Waals surface area contributed by atoms with Crippen LogP contribution in [0.3, 0.4) is 0 Å². The van der Waals surface area contributed by atoms with E-state index in [1.165, 1.54) is 19.3 Å². The fraction of sp³-hybridized carbons (Fsp3) is 0.462. The Bertz CT molecular complexity index is 771. The number of nitrogens with zero attached hydrogens (tertiary/aromatic N) is 2. The maximum atomic E-state index is 13.2. The minimum Gasteiger partial charge on any atom is -0.467 e. The molecule has 31 heavy (non-hydrogen) atoms. The van der Waals surface area contributed by atoms with Crippen molar-refractivity contribution in [2.75, 3.05) is 13.1 Å². The molecule has 1 heterocycles. The molecule has 0 saturated carbocycles. The van der Waals surface area contributed by atoms with Crippen LogP contribution in [0.4, 0.5) is 0 Å². The van der Waals surface area contributed by atoms with Gasteiger partial charge in [0, 0.05) is 19.5 Å². The Hall–Kier alpha value is -2.82. The molecule has 0 fully saturated rings. The fourth-order valence-electron chi connectivity index (χ4n) is 3.52. The molecule has 0 aliphatic rings. The molecule has 0 saturated heterocycles. The van der Waals surface area contributed by atoms with Crippen molar-refractivity contribution < 1.29 is 14.0 Å². The maximum absolute atomic E-state index is 13.2. The second kappa shape index (κ2) is 14.2. The van der Waals surface area contributed by atoms with Gasteiger partial charge in [0.25, 0.3) is 0 Å². The smallest absolute Gasteiger partial charge is 0.242 e. The third kappa shape index (κ3) is 9.24. The van der Waals surface area contributed by atoms with Crippen molar-refractivity contribution >= 4 is 11.8 Å². The fourth-order valence-corrected chi connectivity index (χ4v) is 3.52. The highest BCUT2D eigenvalue weighted by molar-refractivity contribution is 5.85. The summed E-state index contributed by atoms with van der Waals surface area (Å²) in [5.74, 6) is 0.637. The molecule has 0 unspecified atom stereocenters. The van der Waals surface area contributed by atoms with E-state index < -0.39 is 0 Å². The quantitative estimate of drug-likeness (QED) is 0.277. The first-order valence-corrected chi connectivity index (χ1v) is 11.4. The maximum Gasteiger partial charge on any atom is 0.242 e. The van der Waals surface area contributed by atoms with Gasteiger partial charge in [0.2, 0.25) is 11.8 Å². The summed E-state index contributed by atoms with van der Waals surface area (Å²) in [5, 5.41) is 0. The van der Waals surface area contributed by atoms with E-state index in [2.05, 4.69) is 13.5 Å². The predicted molar refractivity (Wildman–Crippen MR) is 124 cm³/mol. The van der Waals surface area contributed by atoms with Crippen molar-refractivity contribution in [2.24, 2.45) is 0 Å². The summed E-state index contributed by atoms with van der Waals surface area (Å²) in [6, 6.07) is 13.5. The Balaban J connectivity index is 1.96. The first kappa shape index (κ1) is 24.4. The van der Waals surface area contributed by atoms with Crippen LogP contribution in [0.25, 0.3) is 0 Å². The lowest BCUT2D eigenvalue weighted by Gasteiger charge is -2.27. The Labute approximate surface area is 186 Å². The van der Waals surface area contributed by atoms with Gasteiger partial charge in [-0.05, 0) is 24.1 Å². The molecular formula is C26H36N2O3. The van der Waals surface area contributed by atoms with Gasteiger partial charge in [0.05, 0.1) is 12.8 Å². The molecule has 5 nitrogen and oxygen atoms in total. The third-order valence-corrected chi connectivity index (χ3v) is 5.27. The first-order valence-electron chi connectivity index (χ1n) is 11.4. The zero-order valence-electron chi connectivity index (χ0n) is 18.8. The lowest BCUT2D eigenvalue weighted by Crippen LogP contribution is -2.42. The molecule has 1 aromatic carbocycles. The molecule has 168 valence electrons.